The molecule has 2 rings (SSSR count). The summed E-state index contributed by atoms with van der Waals surface area (Å²) in [5.41, 5.74) is 0.325. The second-order valence-corrected chi connectivity index (χ2v) is 6.00. The Balaban J connectivity index is 1.89. The lowest BCUT2D eigenvalue weighted by Crippen LogP contribution is -2.47. The highest BCUT2D eigenvalue weighted by atomic mass is 32.2. The lowest BCUT2D eigenvalue weighted by molar-refractivity contribution is 0.0724. The van der Waals surface area contributed by atoms with Crippen molar-refractivity contribution in [2.24, 2.45) is 4.99 Å². The summed E-state index contributed by atoms with van der Waals surface area (Å²) in [6.45, 7) is 3.89. The van der Waals surface area contributed by atoms with Gasteiger partial charge in [-0.3, -0.25) is 4.98 Å². The fourth-order valence-corrected chi connectivity index (χ4v) is 3.27. The Morgan fingerprint density at radius 2 is 2.40 bits per heavy atom. The van der Waals surface area contributed by atoms with Crippen molar-refractivity contribution in [3.63, 3.8) is 0 Å². The van der Waals surface area contributed by atoms with E-state index >= 15 is 0 Å². The van der Waals surface area contributed by atoms with Crippen LogP contribution in [0.25, 0.3) is 0 Å². The van der Waals surface area contributed by atoms with Gasteiger partial charge in [0.1, 0.15) is 0 Å². The highest BCUT2D eigenvalue weighted by molar-refractivity contribution is 7.99. The van der Waals surface area contributed by atoms with Crippen molar-refractivity contribution in [3.8, 4) is 0 Å². The van der Waals surface area contributed by atoms with Crippen LogP contribution in [-0.2, 0) is 6.54 Å². The Hall–Kier alpha value is -1.27. The minimum atomic E-state index is -0.605. The fourth-order valence-electron chi connectivity index (χ4n) is 1.98. The first-order valence-corrected chi connectivity index (χ1v) is 8.09. The van der Waals surface area contributed by atoms with Crippen LogP contribution in [0.2, 0.25) is 0 Å². The molecule has 0 bridgehead atoms. The summed E-state index contributed by atoms with van der Waals surface area (Å²) >= 11 is 1.80. The minimum Gasteiger partial charge on any atom is -0.387 e. The van der Waals surface area contributed by atoms with E-state index in [2.05, 4.69) is 20.6 Å². The molecule has 0 spiro atoms. The normalized spacial score (nSPS) is 22.8. The molecule has 1 aromatic rings. The van der Waals surface area contributed by atoms with E-state index in [4.69, 9.17) is 0 Å². The van der Waals surface area contributed by atoms with Gasteiger partial charge in [0.25, 0.3) is 0 Å². The van der Waals surface area contributed by atoms with Crippen LogP contribution < -0.4 is 10.6 Å². The van der Waals surface area contributed by atoms with Crippen molar-refractivity contribution in [1.29, 1.82) is 0 Å². The average Bonchev–Trinajstić information content (AvgIpc) is 2.90. The molecule has 1 aliphatic heterocycles. The number of nitrogens with zero attached hydrogens (tertiary/aromatic N) is 2. The molecule has 3 N–H and O–H groups in total. The zero-order valence-electron chi connectivity index (χ0n) is 11.8. The maximum atomic E-state index is 10.3. The minimum absolute atomic E-state index is 0.531. The molecule has 1 aromatic heterocycles. The third-order valence-electron chi connectivity index (χ3n) is 3.14. The summed E-state index contributed by atoms with van der Waals surface area (Å²) in [6.07, 6.45) is 2.61. The number of hydrogen-bond acceptors (Lipinski definition) is 4. The van der Waals surface area contributed by atoms with E-state index in [1.807, 2.05) is 25.1 Å². The van der Waals surface area contributed by atoms with Gasteiger partial charge in [0.05, 0.1) is 17.8 Å². The number of thioether (sulfide) groups is 1. The molecule has 0 aromatic carbocycles. The van der Waals surface area contributed by atoms with Gasteiger partial charge in [0.2, 0.25) is 0 Å². The number of hydrogen-bond donors (Lipinski definition) is 3. The third-order valence-corrected chi connectivity index (χ3v) is 4.37. The number of nitrogens with one attached hydrogen (secondary N) is 2. The van der Waals surface area contributed by atoms with Gasteiger partial charge in [0, 0.05) is 25.0 Å². The first-order chi connectivity index (χ1) is 9.72. The predicted molar refractivity (Wildman–Crippen MR) is 83.9 cm³/mol. The molecule has 20 heavy (non-hydrogen) atoms. The maximum absolute atomic E-state index is 10.3. The van der Waals surface area contributed by atoms with Crippen molar-refractivity contribution < 1.29 is 5.11 Å². The number of pyridine rings is 1. The van der Waals surface area contributed by atoms with E-state index in [-0.39, 0.29) is 0 Å². The number of rotatable bonds is 5. The van der Waals surface area contributed by atoms with E-state index in [9.17, 15) is 5.11 Å². The van der Waals surface area contributed by atoms with Crippen LogP contribution in [0.1, 0.15) is 19.0 Å². The van der Waals surface area contributed by atoms with E-state index in [0.717, 1.165) is 36.1 Å². The van der Waals surface area contributed by atoms with E-state index in [0.29, 0.717) is 13.1 Å². The molecule has 0 amide bonds. The standard InChI is InChI=1S/C14H22N4OS/c1-2-15-13(17-9-12-5-3-4-7-16-12)18-10-14(19)6-8-20-11-14/h3-5,7,19H,2,6,8-11H2,1H3,(H2,15,17,18). The van der Waals surface area contributed by atoms with Crippen molar-refractivity contribution >= 4 is 17.7 Å². The van der Waals surface area contributed by atoms with Gasteiger partial charge in [-0.15, -0.1) is 0 Å². The number of aliphatic hydroxyl groups is 1. The molecule has 6 heteroatoms. The van der Waals surface area contributed by atoms with Crippen molar-refractivity contribution in [3.05, 3.63) is 30.1 Å². The predicted octanol–water partition coefficient (Wildman–Crippen LogP) is 1.00. The average molecular weight is 294 g/mol. The molecule has 1 atom stereocenters. The number of aliphatic imine (C=N–C) groups is 1. The summed E-state index contributed by atoms with van der Waals surface area (Å²) < 4.78 is 0. The number of aromatic nitrogens is 1. The number of guanidine groups is 1. The Labute approximate surface area is 124 Å². The molecule has 1 fully saturated rings. The van der Waals surface area contributed by atoms with Crippen LogP contribution in [0.5, 0.6) is 0 Å². The summed E-state index contributed by atoms with van der Waals surface area (Å²) in [5.74, 6) is 2.54. The van der Waals surface area contributed by atoms with Crippen molar-refractivity contribution in [1.82, 2.24) is 15.6 Å². The lowest BCUT2D eigenvalue weighted by Gasteiger charge is -2.23. The summed E-state index contributed by atoms with van der Waals surface area (Å²) in [5, 5.41) is 16.7. The molecular formula is C14H22N4OS. The summed E-state index contributed by atoms with van der Waals surface area (Å²) in [4.78, 5) is 8.74. The van der Waals surface area contributed by atoms with E-state index in [1.54, 1.807) is 18.0 Å². The monoisotopic (exact) mass is 294 g/mol. The van der Waals surface area contributed by atoms with Crippen LogP contribution in [0.3, 0.4) is 0 Å². The van der Waals surface area contributed by atoms with Gasteiger partial charge in [-0.05, 0) is 31.2 Å². The molecular weight excluding hydrogens is 272 g/mol. The first-order valence-electron chi connectivity index (χ1n) is 6.94. The summed E-state index contributed by atoms with van der Waals surface area (Å²) in [6, 6.07) is 5.80. The SMILES string of the molecule is CCNC(=NCc1ccccn1)NCC1(O)CCSC1. The van der Waals surface area contributed by atoms with Crippen LogP contribution in [0.15, 0.2) is 29.4 Å². The van der Waals surface area contributed by atoms with Crippen LogP contribution in [0.4, 0.5) is 0 Å². The highest BCUT2D eigenvalue weighted by Gasteiger charge is 2.31. The van der Waals surface area contributed by atoms with Crippen LogP contribution in [0, 0.1) is 0 Å². The Bertz CT molecular complexity index is 432. The smallest absolute Gasteiger partial charge is 0.191 e. The third kappa shape index (κ3) is 4.68. The van der Waals surface area contributed by atoms with Gasteiger partial charge in [-0.25, -0.2) is 4.99 Å². The quantitative estimate of drug-likeness (QED) is 0.558. The molecule has 2 heterocycles. The van der Waals surface area contributed by atoms with Gasteiger partial charge in [-0.1, -0.05) is 6.07 Å². The Morgan fingerprint density at radius 3 is 3.05 bits per heavy atom. The first kappa shape index (κ1) is 15.1. The van der Waals surface area contributed by atoms with Gasteiger partial charge in [0.15, 0.2) is 5.96 Å². The van der Waals surface area contributed by atoms with Crippen molar-refractivity contribution in [2.75, 3.05) is 24.6 Å². The second-order valence-electron chi connectivity index (χ2n) is 4.90. The topological polar surface area (TPSA) is 69.5 Å². The second kappa shape index (κ2) is 7.50. The highest BCUT2D eigenvalue weighted by Crippen LogP contribution is 2.26. The zero-order chi connectivity index (χ0) is 14.3. The van der Waals surface area contributed by atoms with Gasteiger partial charge < -0.3 is 15.7 Å². The molecule has 5 nitrogen and oxygen atoms in total. The Kier molecular flexibility index (Phi) is 5.67. The van der Waals surface area contributed by atoms with E-state index in [1.165, 1.54) is 0 Å². The molecule has 0 saturated carbocycles. The summed E-state index contributed by atoms with van der Waals surface area (Å²) in [7, 11) is 0. The molecule has 1 aliphatic rings. The van der Waals surface area contributed by atoms with Gasteiger partial charge in [-0.2, -0.15) is 11.8 Å². The fraction of sp³-hybridized carbons (Fsp3) is 0.571. The van der Waals surface area contributed by atoms with Crippen LogP contribution in [-0.4, -0.2) is 46.2 Å². The van der Waals surface area contributed by atoms with E-state index < -0.39 is 5.60 Å². The molecule has 0 radical (unpaired) electrons. The molecule has 1 saturated heterocycles. The van der Waals surface area contributed by atoms with Gasteiger partial charge >= 0.3 is 0 Å². The largest absolute Gasteiger partial charge is 0.387 e. The van der Waals surface area contributed by atoms with Crippen molar-refractivity contribution in [2.45, 2.75) is 25.5 Å². The van der Waals surface area contributed by atoms with Crippen LogP contribution >= 0.6 is 11.8 Å². The molecule has 1 unspecified atom stereocenters. The molecule has 0 aliphatic carbocycles. The zero-order valence-corrected chi connectivity index (χ0v) is 12.6. The molecule has 110 valence electrons. The maximum Gasteiger partial charge on any atom is 0.191 e. The Morgan fingerprint density at radius 1 is 1.50 bits per heavy atom. The lowest BCUT2D eigenvalue weighted by atomic mass is 10.0.